The lowest BCUT2D eigenvalue weighted by atomic mass is 9.79. The molecule has 6 rings (SSSR count). The third-order valence-electron chi connectivity index (χ3n) is 8.26. The SMILES string of the molecule is CO/N=C/c1ccccc1-c1ccccc1NC(=O)c1c(C)nn(C)c1F.Cc1nn(C)c(F)c1C(=O)Nc1ccccc1B(O)O.[B]c1ccccc1/C=N/OC. The van der Waals surface area contributed by atoms with Crippen LogP contribution in [0.4, 0.5) is 20.2 Å². The predicted molar refractivity (Wildman–Crippen MR) is 221 cm³/mol. The molecule has 0 saturated carbocycles. The summed E-state index contributed by atoms with van der Waals surface area (Å²) in [7, 11) is 9.70. The van der Waals surface area contributed by atoms with Crippen molar-refractivity contribution in [2.45, 2.75) is 13.8 Å². The summed E-state index contributed by atoms with van der Waals surface area (Å²) in [5.41, 5.74) is 5.27. The Balaban J connectivity index is 0.000000210. The number of hydrogen-bond donors (Lipinski definition) is 4. The van der Waals surface area contributed by atoms with Crippen molar-refractivity contribution < 1.29 is 38.1 Å². The Morgan fingerprint density at radius 3 is 1.62 bits per heavy atom. The Morgan fingerprint density at radius 2 is 1.12 bits per heavy atom. The van der Waals surface area contributed by atoms with Gasteiger partial charge in [-0.25, -0.2) is 9.36 Å². The lowest BCUT2D eigenvalue weighted by Crippen LogP contribution is -2.33. The van der Waals surface area contributed by atoms with E-state index in [1.165, 1.54) is 47.4 Å². The number of anilines is 2. The summed E-state index contributed by atoms with van der Waals surface area (Å²) in [4.78, 5) is 34.0. The zero-order chi connectivity index (χ0) is 42.4. The predicted octanol–water partition coefficient (Wildman–Crippen LogP) is 4.03. The van der Waals surface area contributed by atoms with Crippen molar-refractivity contribution >= 4 is 61.5 Å². The fourth-order valence-electron chi connectivity index (χ4n) is 5.51. The van der Waals surface area contributed by atoms with E-state index in [2.05, 4.69) is 36.0 Å². The van der Waals surface area contributed by atoms with Crippen molar-refractivity contribution in [1.29, 1.82) is 0 Å². The van der Waals surface area contributed by atoms with Crippen LogP contribution in [0.5, 0.6) is 0 Å². The van der Waals surface area contributed by atoms with Gasteiger partial charge in [-0.1, -0.05) is 101 Å². The molecule has 2 heterocycles. The van der Waals surface area contributed by atoms with Gasteiger partial charge in [0.05, 0.1) is 23.8 Å². The number of nitrogens with one attached hydrogen (secondary N) is 2. The van der Waals surface area contributed by atoms with E-state index >= 15 is 0 Å². The summed E-state index contributed by atoms with van der Waals surface area (Å²) in [6, 6.07) is 28.5. The molecule has 0 unspecified atom stereocenters. The van der Waals surface area contributed by atoms with Gasteiger partial charge in [0.2, 0.25) is 11.9 Å². The molecule has 2 aromatic heterocycles. The Labute approximate surface area is 335 Å². The van der Waals surface area contributed by atoms with Crippen LogP contribution in [0.15, 0.2) is 107 Å². The van der Waals surface area contributed by atoms with Crippen LogP contribution in [0.1, 0.15) is 43.2 Å². The van der Waals surface area contributed by atoms with Crippen LogP contribution in [0.25, 0.3) is 11.1 Å². The zero-order valence-electron chi connectivity index (χ0n) is 32.5. The summed E-state index contributed by atoms with van der Waals surface area (Å²) in [5.74, 6) is -2.66. The summed E-state index contributed by atoms with van der Waals surface area (Å²) < 4.78 is 30.0. The number of carbonyl (C=O) groups is 2. The van der Waals surface area contributed by atoms with E-state index in [1.807, 2.05) is 60.7 Å². The van der Waals surface area contributed by atoms with E-state index in [1.54, 1.807) is 43.6 Å². The maximum atomic E-state index is 14.2. The highest BCUT2D eigenvalue weighted by molar-refractivity contribution is 6.60. The molecule has 2 radical (unpaired) electrons. The quantitative estimate of drug-likeness (QED) is 0.0914. The first-order valence-corrected chi connectivity index (χ1v) is 17.4. The Hall–Kier alpha value is -6.91. The second-order valence-electron chi connectivity index (χ2n) is 12.2. The summed E-state index contributed by atoms with van der Waals surface area (Å²) >= 11 is 0. The number of benzene rings is 4. The van der Waals surface area contributed by atoms with Gasteiger partial charge in [0.15, 0.2) is 0 Å². The lowest BCUT2D eigenvalue weighted by molar-refractivity contribution is 0.101. The van der Waals surface area contributed by atoms with Gasteiger partial charge in [-0.3, -0.25) is 9.59 Å². The van der Waals surface area contributed by atoms with Crippen LogP contribution in [0.3, 0.4) is 0 Å². The molecule has 58 heavy (non-hydrogen) atoms. The first-order chi connectivity index (χ1) is 27.8. The molecule has 0 aliphatic carbocycles. The van der Waals surface area contributed by atoms with Gasteiger partial charge in [-0.15, -0.1) is 0 Å². The van der Waals surface area contributed by atoms with Crippen LogP contribution in [0.2, 0.25) is 0 Å². The Morgan fingerprint density at radius 1 is 0.690 bits per heavy atom. The number of carbonyl (C=O) groups excluding carboxylic acids is 2. The van der Waals surface area contributed by atoms with Gasteiger partial charge in [0.25, 0.3) is 11.8 Å². The minimum atomic E-state index is -1.73. The molecule has 4 N–H and O–H groups in total. The molecule has 0 saturated heterocycles. The smallest absolute Gasteiger partial charge is 0.423 e. The second-order valence-corrected chi connectivity index (χ2v) is 12.2. The highest BCUT2D eigenvalue weighted by atomic mass is 19.1. The minimum absolute atomic E-state index is 0.0680. The second kappa shape index (κ2) is 20.8. The first kappa shape index (κ1) is 43.8. The van der Waals surface area contributed by atoms with Crippen molar-refractivity contribution in [3.05, 3.63) is 143 Å². The molecule has 0 bridgehead atoms. The van der Waals surface area contributed by atoms with E-state index < -0.39 is 30.8 Å². The maximum Gasteiger partial charge on any atom is 0.490 e. The van der Waals surface area contributed by atoms with E-state index in [4.69, 9.17) is 12.7 Å². The van der Waals surface area contributed by atoms with Crippen LogP contribution < -0.4 is 21.6 Å². The molecule has 296 valence electrons. The molecular formula is C40H40B2F2N8O6. The van der Waals surface area contributed by atoms with Gasteiger partial charge in [-0.05, 0) is 37.1 Å². The highest BCUT2D eigenvalue weighted by Gasteiger charge is 2.24. The molecule has 0 fully saturated rings. The Kier molecular flexibility index (Phi) is 15.7. The average molecular weight is 788 g/mol. The van der Waals surface area contributed by atoms with Crippen molar-refractivity contribution in [3.63, 3.8) is 0 Å². The van der Waals surface area contributed by atoms with Crippen molar-refractivity contribution in [2.75, 3.05) is 24.9 Å². The number of hydrogen-bond acceptors (Lipinski definition) is 10. The van der Waals surface area contributed by atoms with E-state index in [0.29, 0.717) is 16.8 Å². The molecule has 0 aliphatic heterocycles. The number of halogens is 2. The van der Waals surface area contributed by atoms with Gasteiger partial charge in [0.1, 0.15) is 33.2 Å². The van der Waals surface area contributed by atoms with Crippen LogP contribution >= 0.6 is 0 Å². The molecule has 0 spiro atoms. The van der Waals surface area contributed by atoms with Crippen LogP contribution in [-0.4, -0.2) is 83.0 Å². The highest BCUT2D eigenvalue weighted by Crippen LogP contribution is 2.31. The van der Waals surface area contributed by atoms with Crippen molar-refractivity contribution in [2.24, 2.45) is 24.4 Å². The van der Waals surface area contributed by atoms with Crippen LogP contribution in [0, 0.1) is 25.7 Å². The number of aromatic nitrogens is 4. The van der Waals surface area contributed by atoms with E-state index in [0.717, 1.165) is 31.6 Å². The molecule has 4 aromatic carbocycles. The van der Waals surface area contributed by atoms with Crippen molar-refractivity contribution in [1.82, 2.24) is 19.6 Å². The number of nitrogens with zero attached hydrogens (tertiary/aromatic N) is 6. The fraction of sp³-hybridized carbons (Fsp3) is 0.150. The third-order valence-corrected chi connectivity index (χ3v) is 8.26. The lowest BCUT2D eigenvalue weighted by Gasteiger charge is -2.13. The number of oxime groups is 2. The van der Waals surface area contributed by atoms with Crippen molar-refractivity contribution in [3.8, 4) is 11.1 Å². The third kappa shape index (κ3) is 11.1. The van der Waals surface area contributed by atoms with E-state index in [9.17, 15) is 28.4 Å². The largest absolute Gasteiger partial charge is 0.490 e. The number of amides is 2. The van der Waals surface area contributed by atoms with E-state index in [-0.39, 0.29) is 28.0 Å². The topological polar surface area (TPSA) is 177 Å². The standard InChI is InChI=1S/C20H19FN4O2.C12H13BFN3O3.C8H8BNO/c1-13-18(19(21)25(2)24-13)20(26)23-17-11-7-6-10-16(17)15-9-5-4-8-14(15)12-22-27-3;1-7-10(11(14)17(2)16-7)12(18)15-9-6-4-3-5-8(9)13(19)20;1-11-10-6-7-4-2-3-5-8(7)9/h4-12H,1-3H3,(H,23,26);3-6,19-20H,1-2H3,(H,15,18);2-6H,1H3/b22-12+;;10-6+. The summed E-state index contributed by atoms with van der Waals surface area (Å²) in [5, 5.41) is 38.9. The molecule has 0 aliphatic rings. The number of rotatable bonds is 10. The summed E-state index contributed by atoms with van der Waals surface area (Å²) in [6.07, 6.45) is 3.17. The first-order valence-electron chi connectivity index (χ1n) is 17.4. The normalized spacial score (nSPS) is 10.7. The minimum Gasteiger partial charge on any atom is -0.423 e. The molecule has 6 aromatic rings. The molecular weight excluding hydrogens is 748 g/mol. The molecule has 2 amide bonds. The average Bonchev–Trinajstić information content (AvgIpc) is 3.62. The molecule has 18 heteroatoms. The van der Waals surface area contributed by atoms with Crippen LogP contribution in [-0.2, 0) is 23.8 Å². The zero-order valence-corrected chi connectivity index (χ0v) is 32.5. The van der Waals surface area contributed by atoms with Gasteiger partial charge < -0.3 is 30.4 Å². The number of aryl methyl sites for hydroxylation is 4. The Bertz CT molecular complexity index is 2420. The molecule has 0 atom stereocenters. The fourth-order valence-corrected chi connectivity index (χ4v) is 5.51. The van der Waals surface area contributed by atoms with Gasteiger partial charge in [-0.2, -0.15) is 19.0 Å². The monoisotopic (exact) mass is 788 g/mol. The number of para-hydroxylation sites is 2. The molecule has 14 nitrogen and oxygen atoms in total. The maximum absolute atomic E-state index is 14.2. The van der Waals surface area contributed by atoms with Gasteiger partial charge >= 0.3 is 7.12 Å². The van der Waals surface area contributed by atoms with Gasteiger partial charge in [0, 0.05) is 42.1 Å². The summed E-state index contributed by atoms with van der Waals surface area (Å²) in [6.45, 7) is 3.12.